The lowest BCUT2D eigenvalue weighted by molar-refractivity contribution is -0.148. The number of nitrogens with one attached hydrogen (secondary N) is 1. The second kappa shape index (κ2) is 6.90. The Morgan fingerprint density at radius 1 is 1.40 bits per heavy atom. The first kappa shape index (κ1) is 15.8. The monoisotopic (exact) mass is 282 g/mol. The van der Waals surface area contributed by atoms with E-state index in [0.29, 0.717) is 6.04 Å². The third kappa shape index (κ3) is 3.17. The molecule has 1 aliphatic carbocycles. The molecule has 1 heterocycles. The molecule has 1 N–H and O–H groups in total. The molecule has 4 heteroatoms. The van der Waals surface area contributed by atoms with Crippen LogP contribution in [0.4, 0.5) is 0 Å². The van der Waals surface area contributed by atoms with E-state index in [1.165, 1.54) is 39.5 Å². The Morgan fingerprint density at radius 2 is 2.20 bits per heavy atom. The van der Waals surface area contributed by atoms with Crippen molar-refractivity contribution < 1.29 is 9.53 Å². The summed E-state index contributed by atoms with van der Waals surface area (Å²) in [6.07, 6.45) is 6.89. The third-order valence-electron chi connectivity index (χ3n) is 5.11. The molecule has 2 fully saturated rings. The summed E-state index contributed by atoms with van der Waals surface area (Å²) in [6.45, 7) is 7.58. The summed E-state index contributed by atoms with van der Waals surface area (Å²) in [7, 11) is 1.50. The van der Waals surface area contributed by atoms with Gasteiger partial charge in [-0.05, 0) is 51.1 Å². The number of hydrogen-bond acceptors (Lipinski definition) is 4. The molecule has 3 atom stereocenters. The summed E-state index contributed by atoms with van der Waals surface area (Å²) in [5, 5.41) is 3.40. The number of carbonyl (C=O) groups excluding carboxylic acids is 1. The molecule has 0 amide bonds. The summed E-state index contributed by atoms with van der Waals surface area (Å²) < 4.78 is 5.04. The molecule has 0 radical (unpaired) electrons. The fraction of sp³-hybridized carbons (Fsp3) is 0.938. The molecule has 0 aromatic rings. The quantitative estimate of drug-likeness (QED) is 0.758. The number of hydrogen-bond donors (Lipinski definition) is 1. The lowest BCUT2D eigenvalue weighted by atomic mass is 9.97. The van der Waals surface area contributed by atoms with Crippen LogP contribution in [0.2, 0.25) is 0 Å². The van der Waals surface area contributed by atoms with Gasteiger partial charge in [-0.1, -0.05) is 20.3 Å². The molecule has 3 unspecified atom stereocenters. The molecule has 0 bridgehead atoms. The topological polar surface area (TPSA) is 41.6 Å². The molecule has 1 saturated carbocycles. The van der Waals surface area contributed by atoms with Crippen molar-refractivity contribution in [2.45, 2.75) is 64.0 Å². The van der Waals surface area contributed by atoms with E-state index in [1.54, 1.807) is 0 Å². The minimum Gasteiger partial charge on any atom is -0.468 e. The van der Waals surface area contributed by atoms with Crippen molar-refractivity contribution in [2.24, 2.45) is 5.92 Å². The Kier molecular flexibility index (Phi) is 5.44. The summed E-state index contributed by atoms with van der Waals surface area (Å²) in [5.74, 6) is 0.790. The van der Waals surface area contributed by atoms with Gasteiger partial charge in [0.1, 0.15) is 5.54 Å². The Bertz CT molecular complexity index is 334. The van der Waals surface area contributed by atoms with Crippen molar-refractivity contribution >= 4 is 5.97 Å². The predicted octanol–water partition coefficient (Wildman–Crippen LogP) is 2.18. The van der Waals surface area contributed by atoms with Gasteiger partial charge in [0.2, 0.25) is 0 Å². The number of likely N-dealkylation sites (tertiary alicyclic amines) is 1. The van der Waals surface area contributed by atoms with Gasteiger partial charge in [-0.2, -0.15) is 0 Å². The van der Waals surface area contributed by atoms with E-state index in [2.05, 4.69) is 24.1 Å². The third-order valence-corrected chi connectivity index (χ3v) is 5.11. The molecule has 20 heavy (non-hydrogen) atoms. The van der Waals surface area contributed by atoms with Crippen LogP contribution in [0.1, 0.15) is 52.4 Å². The Morgan fingerprint density at radius 3 is 2.85 bits per heavy atom. The number of carbonyl (C=O) groups is 1. The van der Waals surface area contributed by atoms with E-state index in [9.17, 15) is 4.79 Å². The number of likely N-dealkylation sites (N-methyl/N-ethyl adjacent to an activating group) is 1. The highest BCUT2D eigenvalue weighted by Gasteiger charge is 2.47. The van der Waals surface area contributed by atoms with Gasteiger partial charge in [-0.25, -0.2) is 0 Å². The van der Waals surface area contributed by atoms with Crippen molar-refractivity contribution in [3.05, 3.63) is 0 Å². The average molecular weight is 282 g/mol. The lowest BCUT2D eigenvalue weighted by Crippen LogP contribution is -2.51. The van der Waals surface area contributed by atoms with Crippen LogP contribution in [0.25, 0.3) is 0 Å². The Hall–Kier alpha value is -0.610. The SMILES string of the molecule is CCCC1CCN(C2CCC(NCC)(C(=O)OC)C2)C1. The number of esters is 1. The van der Waals surface area contributed by atoms with Crippen LogP contribution in [0.5, 0.6) is 0 Å². The van der Waals surface area contributed by atoms with Gasteiger partial charge in [0.15, 0.2) is 0 Å². The van der Waals surface area contributed by atoms with Crippen molar-refractivity contribution in [3.8, 4) is 0 Å². The minimum absolute atomic E-state index is 0.0776. The maximum atomic E-state index is 12.1. The van der Waals surface area contributed by atoms with Crippen LogP contribution in [0, 0.1) is 5.92 Å². The van der Waals surface area contributed by atoms with Gasteiger partial charge < -0.3 is 15.0 Å². The van der Waals surface area contributed by atoms with E-state index < -0.39 is 5.54 Å². The first-order chi connectivity index (χ1) is 9.65. The minimum atomic E-state index is -0.434. The maximum Gasteiger partial charge on any atom is 0.326 e. The molecule has 0 aromatic heterocycles. The fourth-order valence-corrected chi connectivity index (χ4v) is 4.12. The van der Waals surface area contributed by atoms with E-state index in [4.69, 9.17) is 4.74 Å². The van der Waals surface area contributed by atoms with E-state index in [0.717, 1.165) is 31.7 Å². The number of nitrogens with zero attached hydrogens (tertiary/aromatic N) is 1. The van der Waals surface area contributed by atoms with Crippen molar-refractivity contribution in [3.63, 3.8) is 0 Å². The summed E-state index contributed by atoms with van der Waals surface area (Å²) in [6, 6.07) is 0.551. The van der Waals surface area contributed by atoms with Gasteiger partial charge in [0.25, 0.3) is 0 Å². The number of methoxy groups -OCH3 is 1. The lowest BCUT2D eigenvalue weighted by Gasteiger charge is -2.29. The second-order valence-corrected chi connectivity index (χ2v) is 6.44. The molecule has 0 spiro atoms. The zero-order valence-electron chi connectivity index (χ0n) is 13.3. The highest BCUT2D eigenvalue weighted by atomic mass is 16.5. The van der Waals surface area contributed by atoms with E-state index >= 15 is 0 Å². The van der Waals surface area contributed by atoms with Crippen LogP contribution in [0.3, 0.4) is 0 Å². The van der Waals surface area contributed by atoms with Gasteiger partial charge in [-0.15, -0.1) is 0 Å². The predicted molar refractivity (Wildman–Crippen MR) is 80.7 cm³/mol. The molecule has 4 nitrogen and oxygen atoms in total. The molecule has 2 rings (SSSR count). The molecular formula is C16H30N2O2. The van der Waals surface area contributed by atoms with Crippen molar-refractivity contribution in [1.82, 2.24) is 10.2 Å². The van der Waals surface area contributed by atoms with Gasteiger partial charge in [0, 0.05) is 12.6 Å². The average Bonchev–Trinajstić information content (AvgIpc) is 3.06. The van der Waals surface area contributed by atoms with Crippen LogP contribution >= 0.6 is 0 Å². The molecule has 1 saturated heterocycles. The smallest absolute Gasteiger partial charge is 0.326 e. The molecule has 0 aromatic carbocycles. The van der Waals surface area contributed by atoms with Crippen LogP contribution in [-0.4, -0.2) is 49.2 Å². The first-order valence-corrected chi connectivity index (χ1v) is 8.22. The summed E-state index contributed by atoms with van der Waals surface area (Å²) >= 11 is 0. The van der Waals surface area contributed by atoms with Crippen molar-refractivity contribution in [1.29, 1.82) is 0 Å². The van der Waals surface area contributed by atoms with Crippen LogP contribution < -0.4 is 5.32 Å². The van der Waals surface area contributed by atoms with Gasteiger partial charge >= 0.3 is 5.97 Å². The highest BCUT2D eigenvalue weighted by Crippen LogP contribution is 2.36. The van der Waals surface area contributed by atoms with E-state index in [-0.39, 0.29) is 5.97 Å². The second-order valence-electron chi connectivity index (χ2n) is 6.44. The molecule has 1 aliphatic heterocycles. The number of rotatable bonds is 6. The van der Waals surface area contributed by atoms with Gasteiger partial charge in [0.05, 0.1) is 7.11 Å². The molecule has 2 aliphatic rings. The standard InChI is InChI=1S/C16H30N2O2/c1-4-6-13-8-10-18(12-13)14-7-9-16(11-14,17-5-2)15(19)20-3/h13-14,17H,4-12H2,1-3H3. The molecular weight excluding hydrogens is 252 g/mol. The normalized spacial score (nSPS) is 34.5. The van der Waals surface area contributed by atoms with Crippen LogP contribution in [0.15, 0.2) is 0 Å². The fourth-order valence-electron chi connectivity index (χ4n) is 4.12. The van der Waals surface area contributed by atoms with Crippen LogP contribution in [-0.2, 0) is 9.53 Å². The van der Waals surface area contributed by atoms with Crippen molar-refractivity contribution in [2.75, 3.05) is 26.7 Å². The molecule has 116 valence electrons. The maximum absolute atomic E-state index is 12.1. The zero-order chi connectivity index (χ0) is 14.6. The Labute approximate surface area is 123 Å². The highest BCUT2D eigenvalue weighted by molar-refractivity contribution is 5.81. The Balaban J connectivity index is 1.95. The summed E-state index contributed by atoms with van der Waals surface area (Å²) in [5.41, 5.74) is -0.434. The largest absolute Gasteiger partial charge is 0.468 e. The van der Waals surface area contributed by atoms with Gasteiger partial charge in [-0.3, -0.25) is 4.79 Å². The zero-order valence-corrected chi connectivity index (χ0v) is 13.3. The van der Waals surface area contributed by atoms with E-state index in [1.807, 2.05) is 0 Å². The number of ether oxygens (including phenoxy) is 1. The first-order valence-electron chi connectivity index (χ1n) is 8.22. The summed E-state index contributed by atoms with van der Waals surface area (Å²) in [4.78, 5) is 14.8.